The number of nitrogens with two attached hydrogens (primary N) is 2. The van der Waals surface area contributed by atoms with Gasteiger partial charge in [-0.05, 0) is 49.8 Å². The van der Waals surface area contributed by atoms with Crippen molar-refractivity contribution in [2.24, 2.45) is 0 Å². The number of carboxylic acids is 1. The Morgan fingerprint density at radius 2 is 1.43 bits per heavy atom. The van der Waals surface area contributed by atoms with Crippen molar-refractivity contribution in [3.8, 4) is 0 Å². The molecule has 0 aliphatic carbocycles. The lowest BCUT2D eigenvalue weighted by Crippen LogP contribution is -2.41. The Morgan fingerprint density at radius 1 is 0.821 bits per heavy atom. The van der Waals surface area contributed by atoms with Crippen LogP contribution >= 0.6 is 11.8 Å². The Bertz CT molecular complexity index is 1670. The van der Waals surface area contributed by atoms with Gasteiger partial charge in [0.15, 0.2) is 17.0 Å². The van der Waals surface area contributed by atoms with Crippen LogP contribution in [-0.2, 0) is 39.9 Å². The van der Waals surface area contributed by atoms with Crippen molar-refractivity contribution in [3.63, 3.8) is 0 Å². The Hall–Kier alpha value is -4.89. The summed E-state index contributed by atoms with van der Waals surface area (Å²) in [7, 11) is 1.83. The van der Waals surface area contributed by atoms with Crippen LogP contribution in [0.5, 0.6) is 0 Å². The third kappa shape index (κ3) is 17.7. The van der Waals surface area contributed by atoms with Crippen LogP contribution in [0.15, 0.2) is 30.5 Å². The molecule has 2 heterocycles. The molecule has 0 radical (unpaired) electrons. The maximum absolute atomic E-state index is 12.9. The summed E-state index contributed by atoms with van der Waals surface area (Å²) in [5.74, 6) is -1.11. The van der Waals surface area contributed by atoms with Gasteiger partial charge in [0, 0.05) is 63.2 Å². The molecule has 2 aromatic heterocycles. The first-order chi connectivity index (χ1) is 27.1. The van der Waals surface area contributed by atoms with Gasteiger partial charge in [0.05, 0.1) is 58.1 Å². The quantitative estimate of drug-likeness (QED) is 0.0535. The molecule has 20 heteroatoms. The minimum Gasteiger partial charge on any atom is -0.480 e. The third-order valence-corrected chi connectivity index (χ3v) is 8.53. The van der Waals surface area contributed by atoms with E-state index >= 15 is 0 Å². The summed E-state index contributed by atoms with van der Waals surface area (Å²) in [6, 6.07) is 5.35. The number of benzene rings is 1. The van der Waals surface area contributed by atoms with E-state index in [-0.39, 0.29) is 42.0 Å². The van der Waals surface area contributed by atoms with Gasteiger partial charge in [-0.1, -0.05) is 0 Å². The monoisotopic (exact) mass is 802 g/mol. The maximum Gasteiger partial charge on any atom is 0.326 e. The van der Waals surface area contributed by atoms with Gasteiger partial charge in [0.1, 0.15) is 6.04 Å². The highest BCUT2D eigenvalue weighted by atomic mass is 32.2. The van der Waals surface area contributed by atoms with E-state index in [1.807, 2.05) is 18.2 Å². The lowest BCUT2D eigenvalue weighted by Gasteiger charge is -2.19. The van der Waals surface area contributed by atoms with Crippen molar-refractivity contribution in [1.29, 1.82) is 0 Å². The van der Waals surface area contributed by atoms with Crippen LogP contribution in [0.3, 0.4) is 0 Å². The molecule has 1 aromatic carbocycles. The number of aromatic nitrogens is 4. The molecule has 19 nitrogen and oxygen atoms in total. The number of nitrogens with one attached hydrogen (secondary N) is 3. The van der Waals surface area contributed by atoms with Gasteiger partial charge in [0.25, 0.3) is 5.91 Å². The fourth-order valence-electron chi connectivity index (χ4n) is 4.97. The molecule has 3 rings (SSSR count). The first-order valence-electron chi connectivity index (χ1n) is 18.3. The van der Waals surface area contributed by atoms with Crippen molar-refractivity contribution >= 4 is 64.1 Å². The van der Waals surface area contributed by atoms with Crippen LogP contribution in [0.1, 0.15) is 48.2 Å². The predicted octanol–water partition coefficient (Wildman–Crippen LogP) is 1.02. The molecular formula is C36H54N10O9S. The SMILES string of the molecule is CSCCOCCC(=O)NCCCOCCOCCOCCCNC(=O)CCC(NC(=O)c1ccc(N(C)Cc2cnc3nc(N)nc(N)c3n2)cc1)C(=O)O. The number of carbonyl (C=O) groups excluding carboxylic acids is 3. The highest BCUT2D eigenvalue weighted by molar-refractivity contribution is 7.98. The normalized spacial score (nSPS) is 11.6. The zero-order chi connectivity index (χ0) is 40.5. The van der Waals surface area contributed by atoms with Crippen molar-refractivity contribution in [2.45, 2.75) is 44.7 Å². The number of hydrogen-bond donors (Lipinski definition) is 6. The van der Waals surface area contributed by atoms with E-state index in [2.05, 4.69) is 35.9 Å². The Kier molecular flexibility index (Phi) is 21.2. The Morgan fingerprint density at radius 3 is 2.05 bits per heavy atom. The zero-order valence-corrected chi connectivity index (χ0v) is 32.8. The number of hydrogen-bond acceptors (Lipinski definition) is 16. The number of nitrogen functional groups attached to an aromatic ring is 2. The molecule has 56 heavy (non-hydrogen) atoms. The standard InChI is InChI=1S/C36H54N10O9S/c1-46(24-26-23-41-33-31(42-26)32(37)44-36(38)45-33)27-7-5-25(6-8-27)34(49)43-28(35(50)51)9-10-29(47)39-12-3-14-52-17-19-55-20-18-53-15-4-13-40-30(48)11-16-54-21-22-56-2/h5-8,23,28H,3-4,9-22,24H2,1-2H3,(H,39,47)(H,40,48)(H,43,49)(H,50,51)(H4,37,38,41,44,45). The minimum absolute atomic E-state index is 0.0115. The summed E-state index contributed by atoms with van der Waals surface area (Å²) in [4.78, 5) is 67.3. The summed E-state index contributed by atoms with van der Waals surface area (Å²) >= 11 is 1.70. The molecule has 0 spiro atoms. The fraction of sp³-hybridized carbons (Fsp3) is 0.556. The first-order valence-corrected chi connectivity index (χ1v) is 19.7. The van der Waals surface area contributed by atoms with Crippen LogP contribution in [0.4, 0.5) is 17.5 Å². The van der Waals surface area contributed by atoms with Gasteiger partial charge in [-0.2, -0.15) is 21.7 Å². The number of thioether (sulfide) groups is 1. The Labute approximate surface area is 330 Å². The molecule has 0 fully saturated rings. The van der Waals surface area contributed by atoms with E-state index in [4.69, 9.17) is 30.4 Å². The summed E-state index contributed by atoms with van der Waals surface area (Å²) in [5.41, 5.74) is 13.8. The number of carbonyl (C=O) groups is 4. The van der Waals surface area contributed by atoms with Crippen molar-refractivity contribution in [2.75, 3.05) is 101 Å². The van der Waals surface area contributed by atoms with Gasteiger partial charge in [-0.15, -0.1) is 0 Å². The average molecular weight is 803 g/mol. The molecule has 0 bridgehead atoms. The highest BCUT2D eigenvalue weighted by Gasteiger charge is 2.22. The lowest BCUT2D eigenvalue weighted by atomic mass is 10.1. The summed E-state index contributed by atoms with van der Waals surface area (Å²) in [6.07, 6.45) is 5.05. The number of ether oxygens (including phenoxy) is 4. The van der Waals surface area contributed by atoms with Crippen LogP contribution in [-0.4, -0.2) is 140 Å². The number of nitrogens with zero attached hydrogens (tertiary/aromatic N) is 5. The van der Waals surface area contributed by atoms with Crippen LogP contribution in [0, 0.1) is 0 Å². The number of amides is 3. The third-order valence-electron chi connectivity index (χ3n) is 7.96. The van der Waals surface area contributed by atoms with Crippen molar-refractivity contribution in [3.05, 3.63) is 41.7 Å². The van der Waals surface area contributed by atoms with Gasteiger partial charge in [0.2, 0.25) is 17.8 Å². The van der Waals surface area contributed by atoms with Gasteiger partial charge < -0.3 is 56.4 Å². The van der Waals surface area contributed by atoms with Gasteiger partial charge in [-0.25, -0.2) is 14.8 Å². The van der Waals surface area contributed by atoms with E-state index in [1.54, 1.807) is 42.2 Å². The molecule has 0 saturated carbocycles. The van der Waals surface area contributed by atoms with Crippen molar-refractivity contribution in [1.82, 2.24) is 35.9 Å². The summed E-state index contributed by atoms with van der Waals surface area (Å²) < 4.78 is 21.9. The second-order valence-corrected chi connectivity index (χ2v) is 13.4. The molecule has 3 aromatic rings. The zero-order valence-electron chi connectivity index (χ0n) is 32.0. The molecule has 1 atom stereocenters. The highest BCUT2D eigenvalue weighted by Crippen LogP contribution is 2.19. The topological polar surface area (TPSA) is 268 Å². The second kappa shape index (κ2) is 26.1. The number of aliphatic carboxylic acids is 1. The van der Waals surface area contributed by atoms with Crippen molar-refractivity contribution < 1.29 is 43.2 Å². The second-order valence-electron chi connectivity index (χ2n) is 12.4. The van der Waals surface area contributed by atoms with E-state index in [9.17, 15) is 24.3 Å². The molecule has 8 N–H and O–H groups in total. The predicted molar refractivity (Wildman–Crippen MR) is 212 cm³/mol. The van der Waals surface area contributed by atoms with E-state index in [0.29, 0.717) is 109 Å². The summed E-state index contributed by atoms with van der Waals surface area (Å²) in [5, 5.41) is 17.7. The van der Waals surface area contributed by atoms with Crippen LogP contribution < -0.4 is 32.3 Å². The minimum atomic E-state index is -1.25. The smallest absolute Gasteiger partial charge is 0.326 e. The largest absolute Gasteiger partial charge is 0.480 e. The average Bonchev–Trinajstić information content (AvgIpc) is 3.17. The van der Waals surface area contributed by atoms with E-state index < -0.39 is 17.9 Å². The lowest BCUT2D eigenvalue weighted by molar-refractivity contribution is -0.139. The fourth-order valence-corrected chi connectivity index (χ4v) is 5.25. The number of fused-ring (bicyclic) bond motifs is 1. The number of rotatable bonds is 29. The number of carboxylic acid groups (broad SMARTS) is 1. The summed E-state index contributed by atoms with van der Waals surface area (Å²) in [6.45, 7) is 4.95. The molecular weight excluding hydrogens is 749 g/mol. The number of anilines is 3. The first kappa shape index (κ1) is 45.5. The van der Waals surface area contributed by atoms with E-state index in [1.165, 1.54) is 0 Å². The molecule has 0 aliphatic heterocycles. The van der Waals surface area contributed by atoms with Crippen LogP contribution in [0.2, 0.25) is 0 Å². The van der Waals surface area contributed by atoms with Gasteiger partial charge in [-0.3, -0.25) is 14.4 Å². The molecule has 0 saturated heterocycles. The van der Waals surface area contributed by atoms with Gasteiger partial charge >= 0.3 is 5.97 Å². The van der Waals surface area contributed by atoms with Crippen LogP contribution in [0.25, 0.3) is 11.2 Å². The maximum atomic E-state index is 12.9. The molecule has 308 valence electrons. The van der Waals surface area contributed by atoms with E-state index in [0.717, 1.165) is 11.4 Å². The molecule has 3 amide bonds. The molecule has 0 aliphatic rings. The Balaban J connectivity index is 1.20. The molecule has 1 unspecified atom stereocenters.